The van der Waals surface area contributed by atoms with Crippen molar-refractivity contribution in [1.82, 2.24) is 9.88 Å². The molecule has 0 radical (unpaired) electrons. The third-order valence-electron chi connectivity index (χ3n) is 4.78. The minimum atomic E-state index is 0.163. The molecule has 2 heterocycles. The Morgan fingerprint density at radius 1 is 1.30 bits per heavy atom. The number of carbonyl (C=O) groups excluding carboxylic acids is 1. The molecule has 1 unspecified atom stereocenters. The van der Waals surface area contributed by atoms with Crippen LogP contribution in [0.25, 0.3) is 0 Å². The highest BCUT2D eigenvalue weighted by molar-refractivity contribution is 5.94. The van der Waals surface area contributed by atoms with E-state index in [9.17, 15) is 4.79 Å². The van der Waals surface area contributed by atoms with Crippen LogP contribution in [0.4, 0.5) is 0 Å². The van der Waals surface area contributed by atoms with Crippen LogP contribution >= 0.6 is 0 Å². The van der Waals surface area contributed by atoms with Crippen molar-refractivity contribution in [3.8, 4) is 0 Å². The molecule has 0 aromatic carbocycles. The normalized spacial score (nSPS) is 23.4. The molecule has 1 amide bonds. The molecule has 4 nitrogen and oxygen atoms in total. The van der Waals surface area contributed by atoms with Gasteiger partial charge < -0.3 is 10.6 Å². The van der Waals surface area contributed by atoms with Crippen LogP contribution in [0.15, 0.2) is 18.3 Å². The number of rotatable bonds is 3. The Labute approximate surface area is 120 Å². The summed E-state index contributed by atoms with van der Waals surface area (Å²) < 4.78 is 0. The van der Waals surface area contributed by atoms with Crippen molar-refractivity contribution in [2.75, 3.05) is 6.54 Å². The molecule has 1 aromatic rings. The molecule has 2 N–H and O–H groups in total. The molecule has 4 heteroatoms. The lowest BCUT2D eigenvalue weighted by molar-refractivity contribution is 0.0689. The van der Waals surface area contributed by atoms with E-state index in [4.69, 9.17) is 5.73 Å². The molecular formula is C16H23N3O. The monoisotopic (exact) mass is 273 g/mol. The number of likely N-dealkylation sites (tertiary alicyclic amines) is 1. The summed E-state index contributed by atoms with van der Waals surface area (Å²) in [5.41, 5.74) is 7.14. The lowest BCUT2D eigenvalue weighted by Gasteiger charge is -2.29. The Hall–Kier alpha value is -1.42. The predicted octanol–water partition coefficient (Wildman–Crippen LogP) is 2.34. The van der Waals surface area contributed by atoms with Crippen LogP contribution in [0.2, 0.25) is 0 Å². The van der Waals surface area contributed by atoms with Gasteiger partial charge in [0.05, 0.1) is 5.69 Å². The first-order valence-corrected chi connectivity index (χ1v) is 7.75. The lowest BCUT2D eigenvalue weighted by Crippen LogP contribution is -2.39. The van der Waals surface area contributed by atoms with E-state index in [0.717, 1.165) is 30.1 Å². The number of carbonyl (C=O) groups is 1. The Bertz CT molecular complexity index is 482. The van der Waals surface area contributed by atoms with Crippen molar-refractivity contribution in [3.05, 3.63) is 29.6 Å². The predicted molar refractivity (Wildman–Crippen MR) is 78.1 cm³/mol. The van der Waals surface area contributed by atoms with Gasteiger partial charge in [-0.25, -0.2) is 0 Å². The van der Waals surface area contributed by atoms with Gasteiger partial charge in [-0.15, -0.1) is 0 Å². The van der Waals surface area contributed by atoms with Crippen molar-refractivity contribution >= 4 is 5.91 Å². The molecule has 1 aliphatic heterocycles. The molecule has 1 saturated carbocycles. The van der Waals surface area contributed by atoms with E-state index < -0.39 is 0 Å². The molecule has 108 valence electrons. The van der Waals surface area contributed by atoms with E-state index in [1.165, 1.54) is 32.1 Å². The fourth-order valence-corrected chi connectivity index (χ4v) is 3.77. The fraction of sp³-hybridized carbons (Fsp3) is 0.625. The molecular weight excluding hydrogens is 250 g/mol. The first-order valence-electron chi connectivity index (χ1n) is 7.75. The number of hydrogen-bond donors (Lipinski definition) is 1. The SMILES string of the molecule is NCc1cc(C(=O)N2CCCC2C2CCCC2)ccn1. The van der Waals surface area contributed by atoms with Gasteiger partial charge in [0, 0.05) is 30.9 Å². The Kier molecular flexibility index (Phi) is 4.01. The smallest absolute Gasteiger partial charge is 0.254 e. The molecule has 1 atom stereocenters. The van der Waals surface area contributed by atoms with Crippen LogP contribution in [0.5, 0.6) is 0 Å². The average molecular weight is 273 g/mol. The molecule has 1 saturated heterocycles. The molecule has 2 aliphatic rings. The summed E-state index contributed by atoms with van der Waals surface area (Å²) in [6.45, 7) is 1.29. The number of nitrogens with two attached hydrogens (primary N) is 1. The number of pyridine rings is 1. The molecule has 1 aromatic heterocycles. The van der Waals surface area contributed by atoms with Crippen molar-refractivity contribution in [2.24, 2.45) is 11.7 Å². The van der Waals surface area contributed by atoms with E-state index in [1.807, 2.05) is 12.1 Å². The molecule has 20 heavy (non-hydrogen) atoms. The van der Waals surface area contributed by atoms with Crippen LogP contribution in [0.1, 0.15) is 54.6 Å². The van der Waals surface area contributed by atoms with Crippen LogP contribution < -0.4 is 5.73 Å². The van der Waals surface area contributed by atoms with Gasteiger partial charge in [-0.2, -0.15) is 0 Å². The summed E-state index contributed by atoms with van der Waals surface area (Å²) >= 11 is 0. The lowest BCUT2D eigenvalue weighted by atomic mass is 9.95. The van der Waals surface area contributed by atoms with E-state index in [0.29, 0.717) is 12.6 Å². The second-order valence-corrected chi connectivity index (χ2v) is 5.99. The zero-order valence-electron chi connectivity index (χ0n) is 11.9. The van der Waals surface area contributed by atoms with Gasteiger partial charge >= 0.3 is 0 Å². The van der Waals surface area contributed by atoms with Gasteiger partial charge in [-0.3, -0.25) is 9.78 Å². The maximum absolute atomic E-state index is 12.7. The summed E-state index contributed by atoms with van der Waals surface area (Å²) in [6, 6.07) is 4.11. The van der Waals surface area contributed by atoms with E-state index in [-0.39, 0.29) is 5.91 Å². The zero-order chi connectivity index (χ0) is 13.9. The van der Waals surface area contributed by atoms with Crippen molar-refractivity contribution in [3.63, 3.8) is 0 Å². The van der Waals surface area contributed by atoms with Gasteiger partial charge in [-0.1, -0.05) is 12.8 Å². The third kappa shape index (κ3) is 2.57. The highest BCUT2D eigenvalue weighted by atomic mass is 16.2. The summed E-state index contributed by atoms with van der Waals surface area (Å²) in [5.74, 6) is 0.883. The van der Waals surface area contributed by atoms with Crippen LogP contribution in [-0.4, -0.2) is 28.4 Å². The van der Waals surface area contributed by atoms with Gasteiger partial charge in [0.15, 0.2) is 0 Å². The standard InChI is InChI=1S/C16H23N3O/c17-11-14-10-13(7-8-18-14)16(20)19-9-3-6-15(19)12-4-1-2-5-12/h7-8,10,12,15H,1-6,9,11,17H2. The highest BCUT2D eigenvalue weighted by Gasteiger charge is 2.36. The largest absolute Gasteiger partial charge is 0.335 e. The van der Waals surface area contributed by atoms with Gasteiger partial charge in [0.1, 0.15) is 0 Å². The maximum atomic E-state index is 12.7. The van der Waals surface area contributed by atoms with Crippen molar-refractivity contribution in [2.45, 2.75) is 51.1 Å². The topological polar surface area (TPSA) is 59.2 Å². The first kappa shape index (κ1) is 13.6. The summed E-state index contributed by atoms with van der Waals surface area (Å²) in [4.78, 5) is 19.0. The molecule has 1 aliphatic carbocycles. The van der Waals surface area contributed by atoms with Gasteiger partial charge in [0.25, 0.3) is 5.91 Å². The van der Waals surface area contributed by atoms with Crippen LogP contribution in [0, 0.1) is 5.92 Å². The number of aromatic nitrogens is 1. The minimum absolute atomic E-state index is 0.163. The summed E-state index contributed by atoms with van der Waals surface area (Å²) in [6.07, 6.45) is 9.24. The average Bonchev–Trinajstić information content (AvgIpc) is 3.16. The second-order valence-electron chi connectivity index (χ2n) is 5.99. The minimum Gasteiger partial charge on any atom is -0.335 e. The highest BCUT2D eigenvalue weighted by Crippen LogP contribution is 2.36. The molecule has 0 bridgehead atoms. The van der Waals surface area contributed by atoms with E-state index >= 15 is 0 Å². The Morgan fingerprint density at radius 2 is 2.10 bits per heavy atom. The Balaban J connectivity index is 1.77. The second kappa shape index (κ2) is 5.92. The maximum Gasteiger partial charge on any atom is 0.254 e. The van der Waals surface area contributed by atoms with Crippen LogP contribution in [0.3, 0.4) is 0 Å². The molecule has 0 spiro atoms. The Morgan fingerprint density at radius 3 is 2.85 bits per heavy atom. The number of hydrogen-bond acceptors (Lipinski definition) is 3. The van der Waals surface area contributed by atoms with E-state index in [1.54, 1.807) is 6.20 Å². The van der Waals surface area contributed by atoms with Gasteiger partial charge in [-0.05, 0) is 43.7 Å². The first-order chi connectivity index (χ1) is 9.79. The van der Waals surface area contributed by atoms with Crippen LogP contribution in [-0.2, 0) is 6.54 Å². The summed E-state index contributed by atoms with van der Waals surface area (Å²) in [7, 11) is 0. The zero-order valence-corrected chi connectivity index (χ0v) is 11.9. The van der Waals surface area contributed by atoms with Crippen molar-refractivity contribution in [1.29, 1.82) is 0 Å². The molecule has 2 fully saturated rings. The number of nitrogens with zero attached hydrogens (tertiary/aromatic N) is 2. The number of amides is 1. The molecule has 3 rings (SSSR count). The fourth-order valence-electron chi connectivity index (χ4n) is 3.77. The quantitative estimate of drug-likeness (QED) is 0.919. The third-order valence-corrected chi connectivity index (χ3v) is 4.78. The van der Waals surface area contributed by atoms with Crippen molar-refractivity contribution < 1.29 is 4.79 Å². The van der Waals surface area contributed by atoms with E-state index in [2.05, 4.69) is 9.88 Å². The van der Waals surface area contributed by atoms with Gasteiger partial charge in [0.2, 0.25) is 0 Å². The summed E-state index contributed by atoms with van der Waals surface area (Å²) in [5, 5.41) is 0.